The van der Waals surface area contributed by atoms with Gasteiger partial charge in [0.15, 0.2) is 0 Å². The summed E-state index contributed by atoms with van der Waals surface area (Å²) in [6.45, 7) is 0.708. The highest BCUT2D eigenvalue weighted by Crippen LogP contribution is 2.17. The second kappa shape index (κ2) is 5.18. The first-order valence-corrected chi connectivity index (χ1v) is 4.84. The molecule has 0 saturated carbocycles. The molecule has 0 unspecified atom stereocenters. The van der Waals surface area contributed by atoms with Crippen LogP contribution in [-0.2, 0) is 0 Å². The summed E-state index contributed by atoms with van der Waals surface area (Å²) >= 11 is 2.12. The number of rotatable bonds is 4. The molecule has 1 N–H and O–H groups in total. The quantitative estimate of drug-likeness (QED) is 0.521. The van der Waals surface area contributed by atoms with E-state index in [2.05, 4.69) is 22.9 Å². The topological polar surface area (TPSA) is 40.5 Å². The lowest BCUT2D eigenvalue weighted by molar-refractivity contribution is 0.112. The summed E-state index contributed by atoms with van der Waals surface area (Å²) in [6, 6.07) is 7.22. The van der Waals surface area contributed by atoms with Gasteiger partial charge >= 0.3 is 0 Å². The average molecular weight is 291 g/mol. The number of aliphatic hydroxyl groups excluding tert-OH is 1. The second-order valence-corrected chi connectivity index (χ2v) is 3.68. The van der Waals surface area contributed by atoms with E-state index in [0.717, 1.165) is 12.0 Å². The second-order valence-electron chi connectivity index (χ2n) is 2.52. The van der Waals surface area contributed by atoms with Gasteiger partial charge in [0.2, 0.25) is 0 Å². The van der Waals surface area contributed by atoms with Gasteiger partial charge in [0.05, 0.1) is 36.0 Å². The van der Waals surface area contributed by atoms with Gasteiger partial charge in [-0.05, 0) is 24.3 Å². The summed E-state index contributed by atoms with van der Waals surface area (Å²) in [6.07, 6.45) is 0.813. The minimum Gasteiger partial charge on any atom is -0.395 e. The molecule has 0 aromatic heterocycles. The van der Waals surface area contributed by atoms with E-state index in [9.17, 15) is 4.79 Å². The van der Waals surface area contributed by atoms with Gasteiger partial charge in [0.25, 0.3) is 0 Å². The van der Waals surface area contributed by atoms with Crippen LogP contribution in [0.4, 0.5) is 5.69 Å². The number of aldehydes is 1. The molecule has 0 aliphatic rings. The standard InChI is InChI=1S/C9H10INO2/c10-11(5-6-12)9-3-1-8(7-13)2-4-9/h1-4,7,12H,5-6H2. The highest BCUT2D eigenvalue weighted by molar-refractivity contribution is 14.1. The Hall–Kier alpha value is -0.620. The average Bonchev–Trinajstić information content (AvgIpc) is 2.18. The number of carbonyl (C=O) groups is 1. The molecule has 0 aliphatic heterocycles. The van der Waals surface area contributed by atoms with Gasteiger partial charge in [-0.25, -0.2) is 0 Å². The molecule has 3 nitrogen and oxygen atoms in total. The van der Waals surface area contributed by atoms with Gasteiger partial charge in [-0.3, -0.25) is 4.79 Å². The SMILES string of the molecule is O=Cc1ccc(N(I)CCO)cc1. The van der Waals surface area contributed by atoms with Crippen molar-refractivity contribution in [3.05, 3.63) is 29.8 Å². The van der Waals surface area contributed by atoms with E-state index in [0.29, 0.717) is 12.1 Å². The molecular formula is C9H10INO2. The molecule has 1 rings (SSSR count). The van der Waals surface area contributed by atoms with Crippen molar-refractivity contribution in [3.8, 4) is 0 Å². The summed E-state index contributed by atoms with van der Waals surface area (Å²) in [4.78, 5) is 10.4. The zero-order chi connectivity index (χ0) is 9.68. The number of anilines is 1. The van der Waals surface area contributed by atoms with Crippen molar-refractivity contribution in [1.29, 1.82) is 0 Å². The van der Waals surface area contributed by atoms with E-state index in [1.807, 2.05) is 15.2 Å². The summed E-state index contributed by atoms with van der Waals surface area (Å²) in [5.41, 5.74) is 1.65. The minimum absolute atomic E-state index is 0.123. The lowest BCUT2D eigenvalue weighted by Gasteiger charge is -2.14. The Morgan fingerprint density at radius 2 is 2.00 bits per heavy atom. The van der Waals surface area contributed by atoms with Gasteiger partial charge in [-0.15, -0.1) is 0 Å². The van der Waals surface area contributed by atoms with Crippen LogP contribution >= 0.6 is 22.9 Å². The molecule has 0 amide bonds. The third-order valence-corrected chi connectivity index (χ3v) is 2.65. The number of hydrogen-bond donors (Lipinski definition) is 1. The van der Waals surface area contributed by atoms with E-state index >= 15 is 0 Å². The van der Waals surface area contributed by atoms with Crippen LogP contribution in [0.5, 0.6) is 0 Å². The molecule has 0 spiro atoms. The predicted molar refractivity (Wildman–Crippen MR) is 60.3 cm³/mol. The molecule has 0 fully saturated rings. The third-order valence-electron chi connectivity index (χ3n) is 1.61. The molecule has 70 valence electrons. The Morgan fingerprint density at radius 1 is 1.38 bits per heavy atom. The van der Waals surface area contributed by atoms with Gasteiger partial charge in [0, 0.05) is 11.3 Å². The van der Waals surface area contributed by atoms with Crippen molar-refractivity contribution in [2.75, 3.05) is 16.3 Å². The molecular weight excluding hydrogens is 281 g/mol. The molecule has 0 bridgehead atoms. The summed E-state index contributed by atoms with van der Waals surface area (Å²) < 4.78 is 1.90. The molecule has 0 aliphatic carbocycles. The largest absolute Gasteiger partial charge is 0.395 e. The van der Waals surface area contributed by atoms with E-state index in [1.165, 1.54) is 0 Å². The predicted octanol–water partition coefficient (Wildman–Crippen LogP) is 1.65. The first-order chi connectivity index (χ1) is 6.27. The molecule has 0 saturated heterocycles. The van der Waals surface area contributed by atoms with E-state index < -0.39 is 0 Å². The van der Waals surface area contributed by atoms with Crippen molar-refractivity contribution < 1.29 is 9.90 Å². The zero-order valence-electron chi connectivity index (χ0n) is 6.98. The van der Waals surface area contributed by atoms with Crippen LogP contribution in [0, 0.1) is 0 Å². The first-order valence-electron chi connectivity index (χ1n) is 3.87. The lowest BCUT2D eigenvalue weighted by Crippen LogP contribution is -2.13. The number of halogens is 1. The van der Waals surface area contributed by atoms with E-state index in [1.54, 1.807) is 12.1 Å². The van der Waals surface area contributed by atoms with Crippen molar-refractivity contribution in [2.24, 2.45) is 0 Å². The van der Waals surface area contributed by atoms with Crippen molar-refractivity contribution in [2.45, 2.75) is 0 Å². The number of aliphatic hydroxyl groups is 1. The maximum absolute atomic E-state index is 10.4. The Balaban J connectivity index is 2.73. The molecule has 0 radical (unpaired) electrons. The van der Waals surface area contributed by atoms with Crippen molar-refractivity contribution in [3.63, 3.8) is 0 Å². The van der Waals surface area contributed by atoms with E-state index in [-0.39, 0.29) is 6.61 Å². The Bertz CT molecular complexity index is 273. The monoisotopic (exact) mass is 291 g/mol. The Labute approximate surface area is 90.9 Å². The van der Waals surface area contributed by atoms with Crippen LogP contribution in [0.3, 0.4) is 0 Å². The highest BCUT2D eigenvalue weighted by Gasteiger charge is 2.00. The molecule has 1 aromatic rings. The maximum Gasteiger partial charge on any atom is 0.150 e. The van der Waals surface area contributed by atoms with Crippen LogP contribution in [0.2, 0.25) is 0 Å². The van der Waals surface area contributed by atoms with Crippen molar-refractivity contribution in [1.82, 2.24) is 0 Å². The van der Waals surface area contributed by atoms with Crippen LogP contribution in [-0.4, -0.2) is 24.5 Å². The van der Waals surface area contributed by atoms with Crippen LogP contribution in [0.1, 0.15) is 10.4 Å². The maximum atomic E-state index is 10.4. The zero-order valence-corrected chi connectivity index (χ0v) is 9.14. The molecule has 0 heterocycles. The normalized spacial score (nSPS) is 9.69. The molecule has 13 heavy (non-hydrogen) atoms. The molecule has 0 atom stereocenters. The minimum atomic E-state index is 0.123. The fraction of sp³-hybridized carbons (Fsp3) is 0.222. The summed E-state index contributed by atoms with van der Waals surface area (Å²) in [5.74, 6) is 0. The van der Waals surface area contributed by atoms with Gasteiger partial charge in [-0.1, -0.05) is 0 Å². The molecule has 4 heteroatoms. The van der Waals surface area contributed by atoms with E-state index in [4.69, 9.17) is 5.11 Å². The summed E-state index contributed by atoms with van der Waals surface area (Å²) in [5, 5.41) is 8.70. The Kier molecular flexibility index (Phi) is 4.17. The number of benzene rings is 1. The Morgan fingerprint density at radius 3 is 2.46 bits per heavy atom. The van der Waals surface area contributed by atoms with Crippen molar-refractivity contribution >= 4 is 34.8 Å². The van der Waals surface area contributed by atoms with Crippen LogP contribution in [0.15, 0.2) is 24.3 Å². The van der Waals surface area contributed by atoms with Crippen LogP contribution < -0.4 is 3.11 Å². The van der Waals surface area contributed by atoms with Gasteiger partial charge in [0.1, 0.15) is 6.29 Å². The fourth-order valence-corrected chi connectivity index (χ4v) is 1.47. The highest BCUT2D eigenvalue weighted by atomic mass is 127. The number of carbonyl (C=O) groups excluding carboxylic acids is 1. The van der Waals surface area contributed by atoms with Gasteiger partial charge < -0.3 is 8.22 Å². The fourth-order valence-electron chi connectivity index (χ4n) is 0.932. The number of hydrogen-bond acceptors (Lipinski definition) is 3. The third kappa shape index (κ3) is 2.96. The first kappa shape index (κ1) is 10.5. The lowest BCUT2D eigenvalue weighted by atomic mass is 10.2. The molecule has 1 aromatic carbocycles. The van der Waals surface area contributed by atoms with Gasteiger partial charge in [-0.2, -0.15) is 0 Å². The number of nitrogens with zero attached hydrogens (tertiary/aromatic N) is 1. The van der Waals surface area contributed by atoms with Crippen LogP contribution in [0.25, 0.3) is 0 Å². The smallest absolute Gasteiger partial charge is 0.150 e. The summed E-state index contributed by atoms with van der Waals surface area (Å²) in [7, 11) is 0.